The van der Waals surface area contributed by atoms with E-state index in [1.165, 1.54) is 5.69 Å². The lowest BCUT2D eigenvalue weighted by molar-refractivity contribution is 1.13. The summed E-state index contributed by atoms with van der Waals surface area (Å²) in [7, 11) is 8.12. The molecule has 0 atom stereocenters. The van der Waals surface area contributed by atoms with Crippen LogP contribution in [0.3, 0.4) is 0 Å². The molecule has 7 heteroatoms. The summed E-state index contributed by atoms with van der Waals surface area (Å²) in [5, 5.41) is 8.53. The number of benzene rings is 6. The molecule has 6 aromatic rings. The van der Waals surface area contributed by atoms with Crippen molar-refractivity contribution in [1.82, 2.24) is 0 Å². The third-order valence-corrected chi connectivity index (χ3v) is 7.80. The smallest absolute Gasteiger partial charge is 0.0977 e. The first kappa shape index (κ1) is 36.2. The standard InChI is InChI=1S/C21H21N3.C13H12N2.C8H10BrN/c1-24(2)20-15-9-14-19(16-20)22-23-21(17-10-5-3-6-11-17)18-12-7-4-8-13-18;14-15-13(11-7-3-1-4-8-11)12-9-5-2-6-10-12;1-10(2)8-5-3-4-7(9)6-8/h3-16,22H,1-2H3;1-10H,14H2;3-6H,1-2H3. The predicted octanol–water partition coefficient (Wildman–Crippen LogP) is 9.53. The van der Waals surface area contributed by atoms with Crippen molar-refractivity contribution in [2.24, 2.45) is 16.0 Å². The number of hydrazone groups is 2. The molecule has 0 heterocycles. The molecule has 0 unspecified atom stereocenters. The van der Waals surface area contributed by atoms with Crippen LogP contribution in [0.2, 0.25) is 0 Å². The molecule has 0 fully saturated rings. The summed E-state index contributed by atoms with van der Waals surface area (Å²) in [6.07, 6.45) is 0. The van der Waals surface area contributed by atoms with Crippen LogP contribution >= 0.6 is 15.9 Å². The maximum atomic E-state index is 5.42. The van der Waals surface area contributed by atoms with Crippen LogP contribution < -0.4 is 21.1 Å². The van der Waals surface area contributed by atoms with Crippen molar-refractivity contribution in [3.05, 3.63) is 197 Å². The Morgan fingerprint density at radius 1 is 0.490 bits per heavy atom. The second kappa shape index (κ2) is 19.2. The summed E-state index contributed by atoms with van der Waals surface area (Å²) in [5.74, 6) is 5.42. The van der Waals surface area contributed by atoms with Crippen molar-refractivity contribution in [2.75, 3.05) is 43.4 Å². The molecule has 0 bridgehead atoms. The van der Waals surface area contributed by atoms with E-state index in [2.05, 4.69) is 89.9 Å². The Kier molecular flexibility index (Phi) is 14.2. The zero-order valence-electron chi connectivity index (χ0n) is 28.4. The Morgan fingerprint density at radius 3 is 1.24 bits per heavy atom. The number of hydrogen-bond donors (Lipinski definition) is 2. The maximum Gasteiger partial charge on any atom is 0.0977 e. The highest BCUT2D eigenvalue weighted by Crippen LogP contribution is 2.19. The zero-order chi connectivity index (χ0) is 34.8. The lowest BCUT2D eigenvalue weighted by Gasteiger charge is -2.14. The second-order valence-corrected chi connectivity index (χ2v) is 12.2. The summed E-state index contributed by atoms with van der Waals surface area (Å²) in [4.78, 5) is 4.15. The number of halogens is 1. The van der Waals surface area contributed by atoms with Crippen LogP contribution in [-0.4, -0.2) is 39.6 Å². The van der Waals surface area contributed by atoms with Gasteiger partial charge in [0.05, 0.1) is 17.1 Å². The van der Waals surface area contributed by atoms with Gasteiger partial charge in [-0.15, -0.1) is 0 Å². The normalized spacial score (nSPS) is 9.82. The molecule has 0 aliphatic rings. The van der Waals surface area contributed by atoms with Crippen LogP contribution in [0.15, 0.2) is 185 Å². The molecule has 0 saturated carbocycles. The van der Waals surface area contributed by atoms with E-state index in [0.717, 1.165) is 49.5 Å². The van der Waals surface area contributed by atoms with Gasteiger partial charge in [0, 0.05) is 66.3 Å². The molecule has 6 nitrogen and oxygen atoms in total. The van der Waals surface area contributed by atoms with Gasteiger partial charge < -0.3 is 15.6 Å². The summed E-state index contributed by atoms with van der Waals surface area (Å²) in [6, 6.07) is 56.7. The van der Waals surface area contributed by atoms with Crippen LogP contribution in [0.1, 0.15) is 22.3 Å². The van der Waals surface area contributed by atoms with E-state index in [1.54, 1.807) is 0 Å². The molecular weight excluding hydrogens is 668 g/mol. The van der Waals surface area contributed by atoms with Gasteiger partial charge in [-0.05, 0) is 36.4 Å². The van der Waals surface area contributed by atoms with E-state index in [9.17, 15) is 0 Å². The van der Waals surface area contributed by atoms with E-state index in [0.29, 0.717) is 0 Å². The molecule has 6 aromatic carbocycles. The molecule has 248 valence electrons. The number of nitrogens with zero attached hydrogens (tertiary/aromatic N) is 4. The Labute approximate surface area is 299 Å². The molecule has 0 aliphatic carbocycles. The first-order chi connectivity index (χ1) is 23.9. The fraction of sp³-hybridized carbons (Fsp3) is 0.0952. The molecule has 0 amide bonds. The van der Waals surface area contributed by atoms with E-state index in [1.807, 2.05) is 150 Å². The second-order valence-electron chi connectivity index (χ2n) is 11.3. The Balaban J connectivity index is 0.000000184. The highest BCUT2D eigenvalue weighted by atomic mass is 79.9. The number of nitrogens with one attached hydrogen (secondary N) is 1. The minimum Gasteiger partial charge on any atom is -0.378 e. The Bertz CT molecular complexity index is 1810. The molecule has 0 saturated heterocycles. The topological polar surface area (TPSA) is 69.2 Å². The highest BCUT2D eigenvalue weighted by Gasteiger charge is 2.07. The maximum absolute atomic E-state index is 5.42. The van der Waals surface area contributed by atoms with Gasteiger partial charge in [-0.2, -0.15) is 10.2 Å². The van der Waals surface area contributed by atoms with Crippen molar-refractivity contribution >= 4 is 44.4 Å². The van der Waals surface area contributed by atoms with Gasteiger partial charge in [0.1, 0.15) is 0 Å². The molecule has 49 heavy (non-hydrogen) atoms. The lowest BCUT2D eigenvalue weighted by atomic mass is 10.0. The van der Waals surface area contributed by atoms with E-state index in [4.69, 9.17) is 5.84 Å². The fourth-order valence-electron chi connectivity index (χ4n) is 4.72. The van der Waals surface area contributed by atoms with Gasteiger partial charge in [-0.1, -0.05) is 149 Å². The summed E-state index contributed by atoms with van der Waals surface area (Å²) < 4.78 is 1.12. The zero-order valence-corrected chi connectivity index (χ0v) is 30.0. The van der Waals surface area contributed by atoms with Gasteiger partial charge in [0.25, 0.3) is 0 Å². The van der Waals surface area contributed by atoms with Crippen LogP contribution in [-0.2, 0) is 0 Å². The highest BCUT2D eigenvalue weighted by molar-refractivity contribution is 9.10. The molecular formula is C42H43BrN6. The average molecular weight is 712 g/mol. The number of rotatable bonds is 8. The summed E-state index contributed by atoms with van der Waals surface area (Å²) in [5.41, 5.74) is 12.5. The molecule has 0 aromatic heterocycles. The van der Waals surface area contributed by atoms with Gasteiger partial charge in [0.2, 0.25) is 0 Å². The summed E-state index contributed by atoms with van der Waals surface area (Å²) >= 11 is 3.40. The SMILES string of the molecule is CN(C)c1cccc(Br)c1.CN(C)c1cccc(NN=C(c2ccccc2)c2ccccc2)c1.NN=C(c1ccccc1)c1ccccc1. The lowest BCUT2D eigenvalue weighted by Crippen LogP contribution is -2.09. The third kappa shape index (κ3) is 11.5. The number of nitrogens with two attached hydrogens (primary N) is 1. The largest absolute Gasteiger partial charge is 0.378 e. The van der Waals surface area contributed by atoms with Crippen LogP contribution in [0.5, 0.6) is 0 Å². The first-order valence-electron chi connectivity index (χ1n) is 15.9. The molecule has 6 rings (SSSR count). The minimum atomic E-state index is 0.816. The Hall–Kier alpha value is -5.66. The van der Waals surface area contributed by atoms with Crippen LogP contribution in [0.4, 0.5) is 17.1 Å². The van der Waals surface area contributed by atoms with Gasteiger partial charge >= 0.3 is 0 Å². The van der Waals surface area contributed by atoms with E-state index < -0.39 is 0 Å². The predicted molar refractivity (Wildman–Crippen MR) is 214 cm³/mol. The van der Waals surface area contributed by atoms with Crippen molar-refractivity contribution < 1.29 is 0 Å². The van der Waals surface area contributed by atoms with Gasteiger partial charge in [0.15, 0.2) is 0 Å². The van der Waals surface area contributed by atoms with Crippen molar-refractivity contribution in [1.29, 1.82) is 0 Å². The van der Waals surface area contributed by atoms with Crippen molar-refractivity contribution in [3.8, 4) is 0 Å². The van der Waals surface area contributed by atoms with E-state index in [-0.39, 0.29) is 0 Å². The van der Waals surface area contributed by atoms with Gasteiger partial charge in [-0.3, -0.25) is 5.43 Å². The van der Waals surface area contributed by atoms with Crippen molar-refractivity contribution in [2.45, 2.75) is 0 Å². The molecule has 0 aliphatic heterocycles. The fourth-order valence-corrected chi connectivity index (χ4v) is 5.11. The van der Waals surface area contributed by atoms with E-state index >= 15 is 0 Å². The van der Waals surface area contributed by atoms with Gasteiger partial charge in [-0.25, -0.2) is 0 Å². The van der Waals surface area contributed by atoms with Crippen LogP contribution in [0, 0.1) is 0 Å². The average Bonchev–Trinajstić information content (AvgIpc) is 3.14. The van der Waals surface area contributed by atoms with Crippen molar-refractivity contribution in [3.63, 3.8) is 0 Å². The van der Waals surface area contributed by atoms with Crippen LogP contribution in [0.25, 0.3) is 0 Å². The monoisotopic (exact) mass is 710 g/mol. The quantitative estimate of drug-likeness (QED) is 0.0938. The summed E-state index contributed by atoms with van der Waals surface area (Å²) in [6.45, 7) is 0. The first-order valence-corrected chi connectivity index (χ1v) is 16.7. The molecule has 0 radical (unpaired) electrons. The number of hydrogen-bond acceptors (Lipinski definition) is 6. The molecule has 0 spiro atoms. The number of anilines is 3. The minimum absolute atomic E-state index is 0.816. The Morgan fingerprint density at radius 2 is 0.878 bits per heavy atom. The molecule has 3 N–H and O–H groups in total. The third-order valence-electron chi connectivity index (χ3n) is 7.30.